The molecule has 0 spiro atoms. The number of rotatable bonds is 4. The van der Waals surface area contributed by atoms with Crippen molar-refractivity contribution in [3.63, 3.8) is 0 Å². The van der Waals surface area contributed by atoms with Gasteiger partial charge in [-0.25, -0.2) is 4.98 Å². The Morgan fingerprint density at radius 3 is 3.05 bits per heavy atom. The molecular weight excluding hydrogens is 260 g/mol. The summed E-state index contributed by atoms with van der Waals surface area (Å²) in [5.41, 5.74) is 2.08. The third-order valence-electron chi connectivity index (χ3n) is 2.85. The first-order valence-corrected chi connectivity index (χ1v) is 6.86. The number of imidazole rings is 1. The van der Waals surface area contributed by atoms with E-state index in [1.54, 1.807) is 4.40 Å². The van der Waals surface area contributed by atoms with E-state index >= 15 is 0 Å². The Balaban J connectivity index is 2.23. The van der Waals surface area contributed by atoms with Gasteiger partial charge in [0.25, 0.3) is 0 Å². The first kappa shape index (κ1) is 11.9. The molecule has 4 nitrogen and oxygen atoms in total. The van der Waals surface area contributed by atoms with Crippen LogP contribution in [0.25, 0.3) is 16.2 Å². The summed E-state index contributed by atoms with van der Waals surface area (Å²) in [4.78, 5) is 16.7. The summed E-state index contributed by atoms with van der Waals surface area (Å²) in [7, 11) is 0. The van der Waals surface area contributed by atoms with Crippen molar-refractivity contribution >= 4 is 22.6 Å². The van der Waals surface area contributed by atoms with Gasteiger partial charge in [0.05, 0.1) is 6.61 Å². The summed E-state index contributed by atoms with van der Waals surface area (Å²) < 4.78 is 7.40. The molecule has 3 rings (SSSR count). The van der Waals surface area contributed by atoms with Crippen LogP contribution >= 0.6 is 11.3 Å². The highest BCUT2D eigenvalue weighted by Gasteiger charge is 2.17. The molecule has 0 fully saturated rings. The van der Waals surface area contributed by atoms with Crippen molar-refractivity contribution in [3.05, 3.63) is 41.5 Å². The van der Waals surface area contributed by atoms with Crippen LogP contribution in [0, 0.1) is 0 Å². The van der Waals surface area contributed by atoms with E-state index in [4.69, 9.17) is 4.74 Å². The van der Waals surface area contributed by atoms with E-state index in [1.807, 2.05) is 42.8 Å². The molecule has 0 aliphatic heterocycles. The van der Waals surface area contributed by atoms with Crippen LogP contribution < -0.4 is 4.74 Å². The second kappa shape index (κ2) is 4.85. The van der Waals surface area contributed by atoms with Crippen LogP contribution in [0.4, 0.5) is 0 Å². The number of thiazole rings is 1. The van der Waals surface area contributed by atoms with Gasteiger partial charge in [0.1, 0.15) is 17.1 Å². The number of hydrogen-bond acceptors (Lipinski definition) is 4. The van der Waals surface area contributed by atoms with Crippen LogP contribution in [0.3, 0.4) is 0 Å². The van der Waals surface area contributed by atoms with E-state index in [-0.39, 0.29) is 0 Å². The molecule has 0 saturated carbocycles. The number of carbonyl (C=O) groups is 1. The number of hydrogen-bond donors (Lipinski definition) is 0. The molecule has 0 aliphatic rings. The van der Waals surface area contributed by atoms with Gasteiger partial charge in [0, 0.05) is 17.1 Å². The van der Waals surface area contributed by atoms with Gasteiger partial charge in [0.15, 0.2) is 11.2 Å². The highest BCUT2D eigenvalue weighted by Crippen LogP contribution is 2.32. The summed E-state index contributed by atoms with van der Waals surface area (Å²) in [5, 5.41) is 1.91. The minimum Gasteiger partial charge on any atom is -0.493 e. The topological polar surface area (TPSA) is 43.6 Å². The van der Waals surface area contributed by atoms with Gasteiger partial charge in [0.2, 0.25) is 0 Å². The lowest BCUT2D eigenvalue weighted by Gasteiger charge is -2.08. The predicted octanol–water partition coefficient (Wildman–Crippen LogP) is 3.27. The van der Waals surface area contributed by atoms with Crippen LogP contribution in [0.15, 0.2) is 35.8 Å². The molecule has 5 heteroatoms. The van der Waals surface area contributed by atoms with E-state index < -0.39 is 0 Å². The smallest absolute Gasteiger partial charge is 0.194 e. The summed E-state index contributed by atoms with van der Waals surface area (Å²) in [6, 6.07) is 7.64. The molecule has 0 atom stereocenters. The number of fused-ring (bicyclic) bond motifs is 1. The van der Waals surface area contributed by atoms with E-state index in [9.17, 15) is 4.79 Å². The average Bonchev–Trinajstić information content (AvgIpc) is 2.99. The Kier molecular flexibility index (Phi) is 3.05. The highest BCUT2D eigenvalue weighted by molar-refractivity contribution is 7.15. The third-order valence-corrected chi connectivity index (χ3v) is 3.61. The highest BCUT2D eigenvalue weighted by atomic mass is 32.1. The van der Waals surface area contributed by atoms with Crippen molar-refractivity contribution < 1.29 is 9.53 Å². The first-order valence-electron chi connectivity index (χ1n) is 5.98. The fraction of sp³-hybridized carbons (Fsp3) is 0.143. The molecule has 96 valence electrons. The number of para-hydroxylation sites is 1. The summed E-state index contributed by atoms with van der Waals surface area (Å²) in [5.74, 6) is 0.749. The maximum atomic E-state index is 11.3. The zero-order chi connectivity index (χ0) is 13.2. The molecule has 1 aromatic carbocycles. The Bertz CT molecular complexity index is 730. The van der Waals surface area contributed by atoms with Crippen molar-refractivity contribution in [3.8, 4) is 17.0 Å². The number of aromatic nitrogens is 2. The fourth-order valence-corrected chi connectivity index (χ4v) is 2.78. The van der Waals surface area contributed by atoms with Gasteiger partial charge >= 0.3 is 0 Å². The maximum Gasteiger partial charge on any atom is 0.194 e. The van der Waals surface area contributed by atoms with Gasteiger partial charge in [-0.3, -0.25) is 9.20 Å². The second-order valence-electron chi connectivity index (χ2n) is 3.95. The zero-order valence-electron chi connectivity index (χ0n) is 10.4. The Labute approximate surface area is 114 Å². The van der Waals surface area contributed by atoms with Crippen LogP contribution in [-0.4, -0.2) is 22.3 Å². The van der Waals surface area contributed by atoms with E-state index in [0.29, 0.717) is 18.0 Å². The van der Waals surface area contributed by atoms with Crippen LogP contribution in [0.2, 0.25) is 0 Å². The molecule has 0 amide bonds. The van der Waals surface area contributed by atoms with Gasteiger partial charge in [-0.2, -0.15) is 0 Å². The standard InChI is InChI=1S/C14H12N2O2S/c1-2-18-12-6-4-3-5-10(12)13-11(9-17)16-7-8-19-14(16)15-13/h3-9H,2H2,1H3. The second-order valence-corrected chi connectivity index (χ2v) is 4.82. The molecule has 19 heavy (non-hydrogen) atoms. The van der Waals surface area contributed by atoms with E-state index in [1.165, 1.54) is 11.3 Å². The Morgan fingerprint density at radius 1 is 1.42 bits per heavy atom. The lowest BCUT2D eigenvalue weighted by atomic mass is 10.1. The number of benzene rings is 1. The van der Waals surface area contributed by atoms with Crippen molar-refractivity contribution in [2.24, 2.45) is 0 Å². The molecule has 2 aromatic heterocycles. The van der Waals surface area contributed by atoms with Crippen LogP contribution in [0.1, 0.15) is 17.4 Å². The lowest BCUT2D eigenvalue weighted by Crippen LogP contribution is -1.96. The monoisotopic (exact) mass is 272 g/mol. The number of carbonyl (C=O) groups excluding carboxylic acids is 1. The molecule has 0 aliphatic carbocycles. The largest absolute Gasteiger partial charge is 0.493 e. The molecular formula is C14H12N2O2S. The van der Waals surface area contributed by atoms with Crippen LogP contribution in [0.5, 0.6) is 5.75 Å². The SMILES string of the molecule is CCOc1ccccc1-c1nc2sccn2c1C=O. The molecule has 0 N–H and O–H groups in total. The molecule has 2 heterocycles. The normalized spacial score (nSPS) is 10.8. The van der Waals surface area contributed by atoms with Crippen LogP contribution in [-0.2, 0) is 0 Å². The number of ether oxygens (including phenoxy) is 1. The van der Waals surface area contributed by atoms with E-state index in [2.05, 4.69) is 4.98 Å². The van der Waals surface area contributed by atoms with Gasteiger partial charge in [-0.05, 0) is 19.1 Å². The minimum absolute atomic E-state index is 0.559. The zero-order valence-corrected chi connectivity index (χ0v) is 11.2. The molecule has 0 unspecified atom stereocenters. The first-order chi connectivity index (χ1) is 9.35. The predicted molar refractivity (Wildman–Crippen MR) is 75.1 cm³/mol. The Hall–Kier alpha value is -2.14. The molecule has 3 aromatic rings. The van der Waals surface area contributed by atoms with Crippen molar-refractivity contribution in [1.82, 2.24) is 9.38 Å². The van der Waals surface area contributed by atoms with E-state index in [0.717, 1.165) is 22.6 Å². The number of aldehydes is 1. The molecule has 0 radical (unpaired) electrons. The Morgan fingerprint density at radius 2 is 2.26 bits per heavy atom. The number of nitrogens with zero attached hydrogens (tertiary/aromatic N) is 2. The van der Waals surface area contributed by atoms with Crippen molar-refractivity contribution in [1.29, 1.82) is 0 Å². The molecule has 0 saturated heterocycles. The maximum absolute atomic E-state index is 11.3. The fourth-order valence-electron chi connectivity index (χ4n) is 2.06. The van der Waals surface area contributed by atoms with Gasteiger partial charge < -0.3 is 4.74 Å². The van der Waals surface area contributed by atoms with Gasteiger partial charge in [-0.1, -0.05) is 12.1 Å². The summed E-state index contributed by atoms with van der Waals surface area (Å²) >= 11 is 1.50. The minimum atomic E-state index is 0.559. The van der Waals surface area contributed by atoms with Crippen molar-refractivity contribution in [2.75, 3.05) is 6.61 Å². The third kappa shape index (κ3) is 1.92. The quantitative estimate of drug-likeness (QED) is 0.685. The summed E-state index contributed by atoms with van der Waals surface area (Å²) in [6.07, 6.45) is 2.69. The lowest BCUT2D eigenvalue weighted by molar-refractivity contribution is 0.111. The van der Waals surface area contributed by atoms with Gasteiger partial charge in [-0.15, -0.1) is 11.3 Å². The summed E-state index contributed by atoms with van der Waals surface area (Å²) in [6.45, 7) is 2.51. The average molecular weight is 272 g/mol. The molecule has 0 bridgehead atoms. The van der Waals surface area contributed by atoms with Crippen molar-refractivity contribution in [2.45, 2.75) is 6.92 Å².